The molecule has 0 unspecified atom stereocenters. The number of carboxylic acid groups (broad SMARTS) is 1. The highest BCUT2D eigenvalue weighted by Crippen LogP contribution is 2.25. The molecule has 30 heavy (non-hydrogen) atoms. The number of amidine groups is 1. The highest BCUT2D eigenvalue weighted by atomic mass is 16.4. The summed E-state index contributed by atoms with van der Waals surface area (Å²) < 4.78 is 1.43. The molecule has 0 atom stereocenters. The highest BCUT2D eigenvalue weighted by molar-refractivity contribution is 6.03. The van der Waals surface area contributed by atoms with Crippen LogP contribution in [0.2, 0.25) is 0 Å². The highest BCUT2D eigenvalue weighted by Gasteiger charge is 2.16. The van der Waals surface area contributed by atoms with E-state index < -0.39 is 5.97 Å². The molecule has 0 saturated heterocycles. The van der Waals surface area contributed by atoms with Crippen molar-refractivity contribution in [2.75, 3.05) is 0 Å². The Bertz CT molecular complexity index is 1330. The second kappa shape index (κ2) is 7.59. The summed E-state index contributed by atoms with van der Waals surface area (Å²) >= 11 is 0. The Hall–Kier alpha value is -4.33. The summed E-state index contributed by atoms with van der Waals surface area (Å²) in [7, 11) is 0. The SMILES string of the molecule is N/N=C(/N)c1ccccc1-c1ccc(Cn2c(=O)[nH]c3cccc(C(=O)O)c32)cc1. The molecule has 0 radical (unpaired) electrons. The number of carbonyl (C=O) groups is 1. The lowest BCUT2D eigenvalue weighted by atomic mass is 9.98. The van der Waals surface area contributed by atoms with Crippen molar-refractivity contribution in [3.8, 4) is 11.1 Å². The number of H-pyrrole nitrogens is 1. The average Bonchev–Trinajstić information content (AvgIpc) is 3.08. The minimum atomic E-state index is -1.08. The zero-order chi connectivity index (χ0) is 21.3. The number of aromatic amines is 1. The van der Waals surface area contributed by atoms with Crippen LogP contribution in [0.15, 0.2) is 76.6 Å². The van der Waals surface area contributed by atoms with Gasteiger partial charge in [0.1, 0.15) is 0 Å². The zero-order valence-electron chi connectivity index (χ0n) is 15.9. The lowest BCUT2D eigenvalue weighted by molar-refractivity contribution is 0.0698. The number of rotatable bonds is 5. The molecule has 8 heteroatoms. The summed E-state index contributed by atoms with van der Waals surface area (Å²) in [6, 6.07) is 19.9. The number of hydrogen-bond donors (Lipinski definition) is 4. The summed E-state index contributed by atoms with van der Waals surface area (Å²) in [6.45, 7) is 0.234. The third kappa shape index (κ3) is 3.30. The van der Waals surface area contributed by atoms with Crippen LogP contribution in [-0.4, -0.2) is 26.5 Å². The number of imidazole rings is 1. The van der Waals surface area contributed by atoms with Gasteiger partial charge >= 0.3 is 11.7 Å². The lowest BCUT2D eigenvalue weighted by Gasteiger charge is -2.10. The molecule has 0 aliphatic heterocycles. The number of hydrazone groups is 1. The molecule has 0 bridgehead atoms. The van der Waals surface area contributed by atoms with Crippen LogP contribution in [0, 0.1) is 0 Å². The predicted octanol–water partition coefficient (Wildman–Crippen LogP) is 2.32. The smallest absolute Gasteiger partial charge is 0.337 e. The summed E-state index contributed by atoms with van der Waals surface area (Å²) in [4.78, 5) is 26.7. The van der Waals surface area contributed by atoms with Crippen LogP contribution in [0.1, 0.15) is 21.5 Å². The van der Waals surface area contributed by atoms with Crippen molar-refractivity contribution in [1.29, 1.82) is 0 Å². The fourth-order valence-electron chi connectivity index (χ4n) is 3.54. The number of para-hydroxylation sites is 1. The Morgan fingerprint density at radius 3 is 2.40 bits per heavy atom. The standard InChI is InChI=1S/C22H19N5O3/c23-20(26-24)16-5-2-1-4-15(16)14-10-8-13(9-11-14)12-27-19-17(21(28)29)6-3-7-18(19)25-22(27)30/h1-11H,12,24H2,(H2,23,26)(H,25,30)(H,28,29). The quantitative estimate of drug-likeness (QED) is 0.176. The van der Waals surface area contributed by atoms with Crippen molar-refractivity contribution in [3.05, 3.63) is 93.9 Å². The van der Waals surface area contributed by atoms with Crippen molar-refractivity contribution >= 4 is 22.8 Å². The molecule has 150 valence electrons. The van der Waals surface area contributed by atoms with E-state index in [0.29, 0.717) is 11.0 Å². The Balaban J connectivity index is 1.72. The molecule has 0 aliphatic rings. The van der Waals surface area contributed by atoms with Gasteiger partial charge in [0, 0.05) is 5.56 Å². The summed E-state index contributed by atoms with van der Waals surface area (Å²) in [5.41, 5.74) is 9.84. The molecule has 0 spiro atoms. The van der Waals surface area contributed by atoms with Crippen molar-refractivity contribution < 1.29 is 9.90 Å². The molecule has 4 rings (SSSR count). The van der Waals surface area contributed by atoms with E-state index in [1.54, 1.807) is 12.1 Å². The van der Waals surface area contributed by atoms with Gasteiger partial charge in [-0.2, -0.15) is 5.10 Å². The third-order valence-electron chi connectivity index (χ3n) is 4.97. The molecule has 0 amide bonds. The van der Waals surface area contributed by atoms with E-state index in [0.717, 1.165) is 22.3 Å². The molecule has 8 nitrogen and oxygen atoms in total. The van der Waals surface area contributed by atoms with Gasteiger partial charge in [-0.15, -0.1) is 0 Å². The molecule has 1 heterocycles. The van der Waals surface area contributed by atoms with Crippen LogP contribution in [0.25, 0.3) is 22.2 Å². The van der Waals surface area contributed by atoms with Crippen molar-refractivity contribution in [2.24, 2.45) is 16.7 Å². The zero-order valence-corrected chi connectivity index (χ0v) is 15.9. The van der Waals surface area contributed by atoms with Gasteiger partial charge in [0.05, 0.1) is 23.1 Å². The largest absolute Gasteiger partial charge is 0.478 e. The maximum atomic E-state index is 12.4. The topological polar surface area (TPSA) is 139 Å². The first-order valence-corrected chi connectivity index (χ1v) is 9.16. The maximum absolute atomic E-state index is 12.4. The molecule has 4 aromatic rings. The maximum Gasteiger partial charge on any atom is 0.337 e. The Kier molecular flexibility index (Phi) is 4.81. The van der Waals surface area contributed by atoms with Crippen molar-refractivity contribution in [2.45, 2.75) is 6.54 Å². The van der Waals surface area contributed by atoms with E-state index in [9.17, 15) is 14.7 Å². The molecular formula is C22H19N5O3. The number of aromatic carboxylic acids is 1. The summed E-state index contributed by atoms with van der Waals surface area (Å²) in [6.07, 6.45) is 0. The molecule has 1 aromatic heterocycles. The van der Waals surface area contributed by atoms with E-state index in [-0.39, 0.29) is 23.6 Å². The van der Waals surface area contributed by atoms with Gasteiger partial charge in [-0.3, -0.25) is 4.57 Å². The number of aromatic nitrogens is 2. The minimum absolute atomic E-state index is 0.0768. The van der Waals surface area contributed by atoms with Gasteiger partial charge in [0.2, 0.25) is 0 Å². The van der Waals surface area contributed by atoms with Gasteiger partial charge in [0.15, 0.2) is 5.84 Å². The van der Waals surface area contributed by atoms with Gasteiger partial charge in [0.25, 0.3) is 0 Å². The van der Waals surface area contributed by atoms with Gasteiger partial charge in [-0.1, -0.05) is 54.6 Å². The molecule has 6 N–H and O–H groups in total. The predicted molar refractivity (Wildman–Crippen MR) is 115 cm³/mol. The Morgan fingerprint density at radius 1 is 1.00 bits per heavy atom. The van der Waals surface area contributed by atoms with Crippen LogP contribution in [-0.2, 0) is 6.54 Å². The number of nitrogens with zero attached hydrogens (tertiary/aromatic N) is 2. The van der Waals surface area contributed by atoms with Gasteiger partial charge in [-0.25, -0.2) is 9.59 Å². The van der Waals surface area contributed by atoms with Crippen LogP contribution >= 0.6 is 0 Å². The first kappa shape index (κ1) is 19.0. The fourth-order valence-corrected chi connectivity index (χ4v) is 3.54. The van der Waals surface area contributed by atoms with Crippen LogP contribution in [0.5, 0.6) is 0 Å². The minimum Gasteiger partial charge on any atom is -0.478 e. The first-order chi connectivity index (χ1) is 14.5. The second-order valence-electron chi connectivity index (χ2n) is 6.78. The third-order valence-corrected chi connectivity index (χ3v) is 4.97. The number of hydrogen-bond acceptors (Lipinski definition) is 4. The molecular weight excluding hydrogens is 382 g/mol. The normalized spacial score (nSPS) is 11.7. The van der Waals surface area contributed by atoms with E-state index in [1.165, 1.54) is 10.6 Å². The monoisotopic (exact) mass is 401 g/mol. The molecule has 3 aromatic carbocycles. The number of nitrogens with two attached hydrogens (primary N) is 2. The number of fused-ring (bicyclic) bond motifs is 1. The van der Waals surface area contributed by atoms with E-state index in [1.807, 2.05) is 48.5 Å². The van der Waals surface area contributed by atoms with E-state index in [2.05, 4.69) is 10.1 Å². The summed E-state index contributed by atoms with van der Waals surface area (Å²) in [5, 5.41) is 13.1. The molecule has 0 aliphatic carbocycles. The van der Waals surface area contributed by atoms with E-state index >= 15 is 0 Å². The van der Waals surface area contributed by atoms with Crippen molar-refractivity contribution in [1.82, 2.24) is 9.55 Å². The second-order valence-corrected chi connectivity index (χ2v) is 6.78. The van der Waals surface area contributed by atoms with Crippen LogP contribution in [0.4, 0.5) is 0 Å². The van der Waals surface area contributed by atoms with Gasteiger partial charge in [-0.05, 0) is 28.8 Å². The molecule has 0 fully saturated rings. The number of benzene rings is 3. The van der Waals surface area contributed by atoms with Crippen LogP contribution in [0.3, 0.4) is 0 Å². The molecule has 0 saturated carbocycles. The fraction of sp³-hybridized carbons (Fsp3) is 0.0455. The van der Waals surface area contributed by atoms with Crippen molar-refractivity contribution in [3.63, 3.8) is 0 Å². The Labute approximate surface area is 171 Å². The number of nitrogens with one attached hydrogen (secondary N) is 1. The summed E-state index contributed by atoms with van der Waals surface area (Å²) in [5.74, 6) is 4.48. The van der Waals surface area contributed by atoms with Crippen LogP contribution < -0.4 is 17.3 Å². The lowest BCUT2D eigenvalue weighted by Crippen LogP contribution is -2.18. The Morgan fingerprint density at radius 2 is 1.70 bits per heavy atom. The number of carboxylic acids is 1. The van der Waals surface area contributed by atoms with Gasteiger partial charge < -0.3 is 21.7 Å². The average molecular weight is 401 g/mol. The van der Waals surface area contributed by atoms with E-state index in [4.69, 9.17) is 11.6 Å². The first-order valence-electron chi connectivity index (χ1n) is 9.16.